The van der Waals surface area contributed by atoms with Gasteiger partial charge in [-0.3, -0.25) is 4.79 Å². The lowest BCUT2D eigenvalue weighted by Gasteiger charge is -2.31. The molecular formula is C19H27N3O5. The zero-order chi connectivity index (χ0) is 19.6. The zero-order valence-corrected chi connectivity index (χ0v) is 15.8. The van der Waals surface area contributed by atoms with Crippen LogP contribution in [-0.2, 0) is 14.3 Å². The number of methoxy groups -OCH3 is 1. The van der Waals surface area contributed by atoms with Gasteiger partial charge in [-0.25, -0.2) is 9.59 Å². The Kier molecular flexibility index (Phi) is 8.06. The molecule has 1 fully saturated rings. The number of piperidine rings is 1. The van der Waals surface area contributed by atoms with Crippen LogP contribution in [0.3, 0.4) is 0 Å². The van der Waals surface area contributed by atoms with Crippen LogP contribution in [0, 0.1) is 0 Å². The fourth-order valence-electron chi connectivity index (χ4n) is 2.90. The molecule has 0 atom stereocenters. The molecule has 1 saturated heterocycles. The van der Waals surface area contributed by atoms with Gasteiger partial charge in [-0.05, 0) is 44.0 Å². The second-order valence-corrected chi connectivity index (χ2v) is 6.28. The Balaban J connectivity index is 1.65. The number of benzene rings is 1. The molecule has 0 aliphatic carbocycles. The van der Waals surface area contributed by atoms with Gasteiger partial charge in [0.15, 0.2) is 0 Å². The molecule has 1 aliphatic heterocycles. The highest BCUT2D eigenvalue weighted by molar-refractivity contribution is 5.93. The minimum absolute atomic E-state index is 0.0997. The summed E-state index contributed by atoms with van der Waals surface area (Å²) < 4.78 is 9.64. The molecule has 0 unspecified atom stereocenters. The quantitative estimate of drug-likeness (QED) is 0.706. The maximum Gasteiger partial charge on any atom is 0.409 e. The Hall–Kier alpha value is -2.61. The number of anilines is 1. The molecule has 2 amide bonds. The average Bonchev–Trinajstić information content (AvgIpc) is 2.68. The van der Waals surface area contributed by atoms with Crippen LogP contribution in [0.15, 0.2) is 24.3 Å². The molecular weight excluding hydrogens is 350 g/mol. The van der Waals surface area contributed by atoms with Gasteiger partial charge >= 0.3 is 12.1 Å². The summed E-state index contributed by atoms with van der Waals surface area (Å²) in [5.74, 6) is -0.511. The molecule has 1 aliphatic rings. The van der Waals surface area contributed by atoms with Crippen molar-refractivity contribution in [2.75, 3.05) is 38.7 Å². The monoisotopic (exact) mass is 377 g/mol. The van der Waals surface area contributed by atoms with Crippen LogP contribution in [0.5, 0.6) is 0 Å². The maximum atomic E-state index is 12.0. The number of nitrogens with one attached hydrogen (secondary N) is 2. The predicted molar refractivity (Wildman–Crippen MR) is 101 cm³/mol. The number of carbonyl (C=O) groups is 3. The molecule has 0 spiro atoms. The number of carbonyl (C=O) groups excluding carboxylic acids is 3. The number of hydrogen-bond acceptors (Lipinski definition) is 6. The summed E-state index contributed by atoms with van der Waals surface area (Å²) in [7, 11) is 1.33. The summed E-state index contributed by atoms with van der Waals surface area (Å²) in [4.78, 5) is 36.8. The molecule has 1 aromatic carbocycles. The molecule has 0 radical (unpaired) electrons. The van der Waals surface area contributed by atoms with E-state index in [0.29, 0.717) is 50.0 Å². The van der Waals surface area contributed by atoms with Gasteiger partial charge in [-0.2, -0.15) is 0 Å². The van der Waals surface area contributed by atoms with Crippen LogP contribution in [0.1, 0.15) is 36.5 Å². The van der Waals surface area contributed by atoms with E-state index in [4.69, 9.17) is 4.74 Å². The van der Waals surface area contributed by atoms with Gasteiger partial charge in [0.05, 0.1) is 19.3 Å². The standard InChI is InChI=1S/C19H27N3O5/c1-3-27-19(25)22-12-9-15(10-13-22)20-11-8-17(23)21-16-6-4-14(5-7-16)18(24)26-2/h4-7,15,20H,3,8-13H2,1-2H3,(H,21,23). The molecule has 8 nitrogen and oxygen atoms in total. The summed E-state index contributed by atoms with van der Waals surface area (Å²) in [6.45, 7) is 4.07. The van der Waals surface area contributed by atoms with Crippen molar-refractivity contribution in [2.24, 2.45) is 0 Å². The second kappa shape index (κ2) is 10.5. The van der Waals surface area contributed by atoms with Crippen LogP contribution >= 0.6 is 0 Å². The minimum Gasteiger partial charge on any atom is -0.465 e. The lowest BCUT2D eigenvalue weighted by atomic mass is 10.1. The van der Waals surface area contributed by atoms with E-state index < -0.39 is 5.97 Å². The molecule has 2 rings (SSSR count). The first-order chi connectivity index (χ1) is 13.0. The maximum absolute atomic E-state index is 12.0. The normalized spacial score (nSPS) is 14.5. The van der Waals surface area contributed by atoms with Gasteiger partial charge < -0.3 is 25.0 Å². The molecule has 0 saturated carbocycles. The van der Waals surface area contributed by atoms with E-state index in [1.165, 1.54) is 7.11 Å². The van der Waals surface area contributed by atoms with Gasteiger partial charge in [0.1, 0.15) is 0 Å². The first kappa shape index (κ1) is 20.7. The largest absolute Gasteiger partial charge is 0.465 e. The van der Waals surface area contributed by atoms with Crippen LogP contribution in [0.4, 0.5) is 10.5 Å². The highest BCUT2D eigenvalue weighted by Gasteiger charge is 2.23. The number of likely N-dealkylation sites (tertiary alicyclic amines) is 1. The van der Waals surface area contributed by atoms with Gasteiger partial charge in [0.25, 0.3) is 0 Å². The van der Waals surface area contributed by atoms with E-state index in [2.05, 4.69) is 15.4 Å². The predicted octanol–water partition coefficient (Wildman–Crippen LogP) is 2.01. The highest BCUT2D eigenvalue weighted by atomic mass is 16.6. The third-order valence-corrected chi connectivity index (χ3v) is 4.40. The Morgan fingerprint density at radius 2 is 1.81 bits per heavy atom. The molecule has 0 bridgehead atoms. The van der Waals surface area contributed by atoms with Crippen molar-refractivity contribution in [3.05, 3.63) is 29.8 Å². The van der Waals surface area contributed by atoms with Crippen molar-refractivity contribution in [2.45, 2.75) is 32.2 Å². The molecule has 148 valence electrons. The Labute approximate surface area is 159 Å². The molecule has 8 heteroatoms. The van der Waals surface area contributed by atoms with Gasteiger partial charge in [-0.1, -0.05) is 0 Å². The third-order valence-electron chi connectivity index (χ3n) is 4.40. The van der Waals surface area contributed by atoms with E-state index in [1.54, 1.807) is 36.1 Å². The van der Waals surface area contributed by atoms with E-state index >= 15 is 0 Å². The van der Waals surface area contributed by atoms with E-state index in [1.807, 2.05) is 0 Å². The minimum atomic E-state index is -0.411. The number of amides is 2. The van der Waals surface area contributed by atoms with Crippen LogP contribution in [-0.4, -0.2) is 62.3 Å². The van der Waals surface area contributed by atoms with Gasteiger partial charge in [-0.15, -0.1) is 0 Å². The number of nitrogens with zero attached hydrogens (tertiary/aromatic N) is 1. The summed E-state index contributed by atoms with van der Waals surface area (Å²) in [6, 6.07) is 6.85. The fraction of sp³-hybridized carbons (Fsp3) is 0.526. The number of esters is 1. The molecule has 27 heavy (non-hydrogen) atoms. The van der Waals surface area contributed by atoms with Crippen molar-refractivity contribution < 1.29 is 23.9 Å². The van der Waals surface area contributed by atoms with Gasteiger partial charge in [0.2, 0.25) is 5.91 Å². The molecule has 2 N–H and O–H groups in total. The van der Waals surface area contributed by atoms with Crippen molar-refractivity contribution in [3.63, 3.8) is 0 Å². The summed E-state index contributed by atoms with van der Waals surface area (Å²) in [6.07, 6.45) is 1.77. The Bertz CT molecular complexity index is 639. The Morgan fingerprint density at radius 3 is 2.41 bits per heavy atom. The molecule has 1 heterocycles. The van der Waals surface area contributed by atoms with E-state index in [-0.39, 0.29) is 12.0 Å². The second-order valence-electron chi connectivity index (χ2n) is 6.28. The van der Waals surface area contributed by atoms with E-state index in [0.717, 1.165) is 12.8 Å². The van der Waals surface area contributed by atoms with Crippen LogP contribution < -0.4 is 10.6 Å². The number of rotatable bonds is 7. The first-order valence-corrected chi connectivity index (χ1v) is 9.16. The van der Waals surface area contributed by atoms with E-state index in [9.17, 15) is 14.4 Å². The zero-order valence-electron chi connectivity index (χ0n) is 15.8. The lowest BCUT2D eigenvalue weighted by molar-refractivity contribution is -0.116. The van der Waals surface area contributed by atoms with Crippen molar-refractivity contribution in [3.8, 4) is 0 Å². The topological polar surface area (TPSA) is 97.0 Å². The summed E-state index contributed by atoms with van der Waals surface area (Å²) in [5.41, 5.74) is 1.07. The molecule has 0 aromatic heterocycles. The first-order valence-electron chi connectivity index (χ1n) is 9.16. The average molecular weight is 377 g/mol. The van der Waals surface area contributed by atoms with Crippen molar-refractivity contribution in [1.29, 1.82) is 0 Å². The summed E-state index contributed by atoms with van der Waals surface area (Å²) >= 11 is 0. The van der Waals surface area contributed by atoms with Crippen molar-refractivity contribution >= 4 is 23.7 Å². The lowest BCUT2D eigenvalue weighted by Crippen LogP contribution is -2.45. The third kappa shape index (κ3) is 6.56. The van der Waals surface area contributed by atoms with Crippen LogP contribution in [0.2, 0.25) is 0 Å². The van der Waals surface area contributed by atoms with Gasteiger partial charge in [0, 0.05) is 37.8 Å². The van der Waals surface area contributed by atoms with Crippen LogP contribution in [0.25, 0.3) is 0 Å². The van der Waals surface area contributed by atoms with Crippen molar-refractivity contribution in [1.82, 2.24) is 10.2 Å². The number of ether oxygens (including phenoxy) is 2. The highest BCUT2D eigenvalue weighted by Crippen LogP contribution is 2.12. The summed E-state index contributed by atoms with van der Waals surface area (Å²) in [5, 5.41) is 6.16. The number of hydrogen-bond donors (Lipinski definition) is 2. The fourth-order valence-corrected chi connectivity index (χ4v) is 2.90. The molecule has 1 aromatic rings. The SMILES string of the molecule is CCOC(=O)N1CCC(NCCC(=O)Nc2ccc(C(=O)OC)cc2)CC1. The smallest absolute Gasteiger partial charge is 0.409 e. The Morgan fingerprint density at radius 1 is 1.15 bits per heavy atom.